The molecule has 5 nitrogen and oxygen atoms in total. The van der Waals surface area contributed by atoms with Gasteiger partial charge in [0.25, 0.3) is 0 Å². The second kappa shape index (κ2) is 4.98. The average molecular weight is 279 g/mol. The molecule has 0 aliphatic carbocycles. The van der Waals surface area contributed by atoms with Crippen molar-refractivity contribution >= 4 is 5.97 Å². The van der Waals surface area contributed by atoms with E-state index in [1.54, 1.807) is 18.2 Å². The molecule has 1 aromatic carbocycles. The lowest BCUT2D eigenvalue weighted by atomic mass is 9.78. The second-order valence-corrected chi connectivity index (χ2v) is 5.59. The lowest BCUT2D eigenvalue weighted by molar-refractivity contribution is -0.151. The van der Waals surface area contributed by atoms with E-state index in [0.29, 0.717) is 30.1 Å². The Morgan fingerprint density at radius 1 is 1.45 bits per heavy atom. The van der Waals surface area contributed by atoms with Crippen LogP contribution in [0.3, 0.4) is 0 Å². The molecule has 0 aromatic heterocycles. The maximum atomic E-state index is 12.1. The third-order valence-corrected chi connectivity index (χ3v) is 3.39. The number of esters is 1. The first-order valence-corrected chi connectivity index (χ1v) is 6.66. The number of nitrogens with two attached hydrogens (primary N) is 1. The van der Waals surface area contributed by atoms with E-state index in [4.69, 9.17) is 19.9 Å². The van der Waals surface area contributed by atoms with Crippen molar-refractivity contribution in [3.63, 3.8) is 0 Å². The smallest absolute Gasteiger partial charge is 0.330 e. The molecule has 20 heavy (non-hydrogen) atoms. The third kappa shape index (κ3) is 2.45. The van der Waals surface area contributed by atoms with Crippen LogP contribution in [0.1, 0.15) is 32.8 Å². The largest absolute Gasteiger partial charge is 0.494 e. The molecule has 1 unspecified atom stereocenters. The van der Waals surface area contributed by atoms with E-state index in [-0.39, 0.29) is 0 Å². The zero-order valence-corrected chi connectivity index (χ0v) is 12.4. The van der Waals surface area contributed by atoms with Crippen LogP contribution in [-0.4, -0.2) is 25.3 Å². The minimum Gasteiger partial charge on any atom is -0.494 e. The predicted molar refractivity (Wildman–Crippen MR) is 74.8 cm³/mol. The molecule has 0 radical (unpaired) electrons. The number of rotatable bonds is 3. The van der Waals surface area contributed by atoms with Crippen LogP contribution in [0.15, 0.2) is 18.2 Å². The summed E-state index contributed by atoms with van der Waals surface area (Å²) in [6.45, 7) is 6.26. The van der Waals surface area contributed by atoms with Gasteiger partial charge >= 0.3 is 5.97 Å². The highest BCUT2D eigenvalue weighted by molar-refractivity contribution is 5.84. The normalized spacial score (nSPS) is 23.4. The minimum absolute atomic E-state index is 0.355. The van der Waals surface area contributed by atoms with Crippen molar-refractivity contribution in [2.24, 2.45) is 5.73 Å². The maximum Gasteiger partial charge on any atom is 0.330 e. The molecule has 1 aromatic rings. The Morgan fingerprint density at radius 2 is 2.15 bits per heavy atom. The minimum atomic E-state index is -1.20. The molecule has 0 saturated carbocycles. The number of ether oxygens (including phenoxy) is 3. The van der Waals surface area contributed by atoms with Gasteiger partial charge in [-0.25, -0.2) is 4.79 Å². The molecule has 1 atom stereocenters. The lowest BCUT2D eigenvalue weighted by Gasteiger charge is -2.42. The molecule has 0 fully saturated rings. The number of hydrogen-bond donors (Lipinski definition) is 1. The van der Waals surface area contributed by atoms with Crippen LogP contribution in [0.25, 0.3) is 0 Å². The van der Waals surface area contributed by atoms with Crippen LogP contribution in [0.5, 0.6) is 11.5 Å². The maximum absolute atomic E-state index is 12.1. The summed E-state index contributed by atoms with van der Waals surface area (Å²) >= 11 is 0. The first kappa shape index (κ1) is 14.7. The van der Waals surface area contributed by atoms with Gasteiger partial charge in [0.1, 0.15) is 22.6 Å². The standard InChI is InChI=1S/C15H21NO4/c1-5-19-10-6-7-11-12(8-10)20-14(2,3)9-15(11,16)13(17)18-4/h6-8H,5,9,16H2,1-4H3. The van der Waals surface area contributed by atoms with Crippen molar-refractivity contribution < 1.29 is 19.0 Å². The SMILES string of the molecule is CCOc1ccc2c(c1)OC(C)(C)CC2(N)C(=O)OC. The molecule has 2 rings (SSSR count). The summed E-state index contributed by atoms with van der Waals surface area (Å²) in [5.41, 5.74) is 5.21. The van der Waals surface area contributed by atoms with Gasteiger partial charge in [-0.3, -0.25) is 0 Å². The molecule has 1 aliphatic rings. The van der Waals surface area contributed by atoms with Gasteiger partial charge in [0.2, 0.25) is 0 Å². The van der Waals surface area contributed by atoms with Crippen molar-refractivity contribution in [1.29, 1.82) is 0 Å². The van der Waals surface area contributed by atoms with Crippen LogP contribution in [-0.2, 0) is 15.1 Å². The molecule has 1 heterocycles. The molecule has 5 heteroatoms. The van der Waals surface area contributed by atoms with Gasteiger partial charge in [0.05, 0.1) is 13.7 Å². The van der Waals surface area contributed by atoms with Crippen molar-refractivity contribution in [2.45, 2.75) is 38.3 Å². The highest BCUT2D eigenvalue weighted by Crippen LogP contribution is 2.44. The van der Waals surface area contributed by atoms with Crippen molar-refractivity contribution in [3.8, 4) is 11.5 Å². The van der Waals surface area contributed by atoms with Gasteiger partial charge in [-0.1, -0.05) is 0 Å². The van der Waals surface area contributed by atoms with Gasteiger partial charge in [0, 0.05) is 18.1 Å². The molecule has 0 amide bonds. The topological polar surface area (TPSA) is 70.8 Å². The van der Waals surface area contributed by atoms with E-state index in [9.17, 15) is 4.79 Å². The fourth-order valence-electron chi connectivity index (χ4n) is 2.68. The Balaban J connectivity index is 2.52. The van der Waals surface area contributed by atoms with Gasteiger partial charge in [-0.2, -0.15) is 0 Å². The Kier molecular flexibility index (Phi) is 3.65. The Bertz CT molecular complexity index is 527. The number of benzene rings is 1. The lowest BCUT2D eigenvalue weighted by Crippen LogP contribution is -2.54. The van der Waals surface area contributed by atoms with Gasteiger partial charge in [0.15, 0.2) is 0 Å². The third-order valence-electron chi connectivity index (χ3n) is 3.39. The van der Waals surface area contributed by atoms with Crippen molar-refractivity contribution in [1.82, 2.24) is 0 Å². The molecule has 0 bridgehead atoms. The van der Waals surface area contributed by atoms with Gasteiger partial charge < -0.3 is 19.9 Å². The highest BCUT2D eigenvalue weighted by atomic mass is 16.5. The summed E-state index contributed by atoms with van der Waals surface area (Å²) < 4.78 is 16.3. The van der Waals surface area contributed by atoms with E-state index in [1.807, 2.05) is 20.8 Å². The van der Waals surface area contributed by atoms with Crippen molar-refractivity contribution in [2.75, 3.05) is 13.7 Å². The Hall–Kier alpha value is -1.75. The summed E-state index contributed by atoms with van der Waals surface area (Å²) in [6.07, 6.45) is 0.355. The molecule has 2 N–H and O–H groups in total. The fraction of sp³-hybridized carbons (Fsp3) is 0.533. The molecular formula is C15H21NO4. The molecular weight excluding hydrogens is 258 g/mol. The summed E-state index contributed by atoms with van der Waals surface area (Å²) in [7, 11) is 1.34. The Morgan fingerprint density at radius 3 is 2.75 bits per heavy atom. The fourth-order valence-corrected chi connectivity index (χ4v) is 2.68. The van der Waals surface area contributed by atoms with E-state index in [2.05, 4.69) is 0 Å². The first-order chi connectivity index (χ1) is 9.32. The number of hydrogen-bond acceptors (Lipinski definition) is 5. The monoisotopic (exact) mass is 279 g/mol. The van der Waals surface area contributed by atoms with Crippen LogP contribution in [0.2, 0.25) is 0 Å². The van der Waals surface area contributed by atoms with E-state index in [1.165, 1.54) is 7.11 Å². The number of carbonyl (C=O) groups is 1. The molecule has 0 spiro atoms. The molecule has 110 valence electrons. The van der Waals surface area contributed by atoms with E-state index >= 15 is 0 Å². The van der Waals surface area contributed by atoms with E-state index < -0.39 is 17.1 Å². The summed E-state index contributed by atoms with van der Waals surface area (Å²) in [5, 5.41) is 0. The number of carbonyl (C=O) groups excluding carboxylic acids is 1. The number of fused-ring (bicyclic) bond motifs is 1. The number of methoxy groups -OCH3 is 1. The van der Waals surface area contributed by atoms with Crippen LogP contribution >= 0.6 is 0 Å². The van der Waals surface area contributed by atoms with Crippen LogP contribution in [0.4, 0.5) is 0 Å². The van der Waals surface area contributed by atoms with Crippen LogP contribution < -0.4 is 15.2 Å². The quantitative estimate of drug-likeness (QED) is 0.857. The van der Waals surface area contributed by atoms with Crippen molar-refractivity contribution in [3.05, 3.63) is 23.8 Å². The summed E-state index contributed by atoms with van der Waals surface area (Å²) in [4.78, 5) is 12.1. The predicted octanol–water partition coefficient (Wildman–Crippen LogP) is 1.97. The summed E-state index contributed by atoms with van der Waals surface area (Å²) in [6, 6.07) is 5.32. The zero-order valence-electron chi connectivity index (χ0n) is 12.4. The average Bonchev–Trinajstić information content (AvgIpc) is 2.36. The molecule has 0 saturated heterocycles. The zero-order chi connectivity index (χ0) is 15.0. The Labute approximate surface area is 119 Å². The van der Waals surface area contributed by atoms with E-state index in [0.717, 1.165) is 0 Å². The summed E-state index contributed by atoms with van der Waals surface area (Å²) in [5.74, 6) is 0.801. The second-order valence-electron chi connectivity index (χ2n) is 5.59. The van der Waals surface area contributed by atoms with Gasteiger partial charge in [-0.05, 0) is 32.9 Å². The molecule has 1 aliphatic heterocycles. The first-order valence-electron chi connectivity index (χ1n) is 6.66. The highest BCUT2D eigenvalue weighted by Gasteiger charge is 2.48. The van der Waals surface area contributed by atoms with Gasteiger partial charge in [-0.15, -0.1) is 0 Å². The van der Waals surface area contributed by atoms with Crippen LogP contribution in [0, 0.1) is 0 Å².